The molecule has 7 heteroatoms. The van der Waals surface area contributed by atoms with Gasteiger partial charge in [0.05, 0.1) is 11.0 Å². The molecule has 1 aromatic rings. The van der Waals surface area contributed by atoms with E-state index in [0.29, 0.717) is 10.8 Å². The average molecular weight is 570 g/mol. The summed E-state index contributed by atoms with van der Waals surface area (Å²) >= 11 is 0. The molecule has 0 saturated heterocycles. The van der Waals surface area contributed by atoms with Crippen molar-refractivity contribution in [2.24, 2.45) is 46.3 Å². The maximum atomic E-state index is 10.2. The molecule has 0 radical (unpaired) electrons. The summed E-state index contributed by atoms with van der Waals surface area (Å²) < 4.78 is 4.24. The highest BCUT2D eigenvalue weighted by Crippen LogP contribution is 2.67. The molecule has 1 aromatic carbocycles. The normalized spacial score (nSPS) is 34.7. The third-order valence-electron chi connectivity index (χ3n) is 11.5. The number of benzene rings is 1. The van der Waals surface area contributed by atoms with E-state index in [4.69, 9.17) is 5.11 Å². The van der Waals surface area contributed by atoms with Gasteiger partial charge >= 0.3 is 6.16 Å². The number of nitrogens with zero attached hydrogens (tertiary/aromatic N) is 1. The molecule has 3 fully saturated rings. The molecule has 0 bridgehead atoms. The molecule has 228 valence electrons. The molecule has 4 aliphatic rings. The van der Waals surface area contributed by atoms with Gasteiger partial charge in [0.15, 0.2) is 0 Å². The highest BCUT2D eigenvalue weighted by molar-refractivity contribution is 5.61. The zero-order valence-corrected chi connectivity index (χ0v) is 25.7. The van der Waals surface area contributed by atoms with Gasteiger partial charge in [0.2, 0.25) is 0 Å². The van der Waals surface area contributed by atoms with Gasteiger partial charge in [0, 0.05) is 12.1 Å². The van der Waals surface area contributed by atoms with Crippen molar-refractivity contribution in [3.63, 3.8) is 0 Å². The quantitative estimate of drug-likeness (QED) is 0.111. The third-order valence-corrected chi connectivity index (χ3v) is 11.5. The summed E-state index contributed by atoms with van der Waals surface area (Å²) in [4.78, 5) is 19.6. The van der Waals surface area contributed by atoms with Gasteiger partial charge < -0.3 is 14.9 Å². The first-order valence-corrected chi connectivity index (χ1v) is 15.9. The highest BCUT2D eigenvalue weighted by Gasteiger charge is 2.59. The van der Waals surface area contributed by atoms with Crippen LogP contribution in [0.1, 0.15) is 105 Å². The van der Waals surface area contributed by atoms with E-state index in [9.17, 15) is 20.0 Å². The van der Waals surface area contributed by atoms with Crippen LogP contribution in [0.15, 0.2) is 35.9 Å². The number of ether oxygens (including phenoxy) is 1. The van der Waals surface area contributed by atoms with Gasteiger partial charge in [0.1, 0.15) is 5.75 Å². The Morgan fingerprint density at radius 2 is 1.76 bits per heavy atom. The van der Waals surface area contributed by atoms with Crippen LogP contribution in [0.3, 0.4) is 0 Å². The van der Waals surface area contributed by atoms with E-state index >= 15 is 0 Å². The summed E-state index contributed by atoms with van der Waals surface area (Å²) in [6.07, 6.45) is 15.7. The molecule has 8 atom stereocenters. The van der Waals surface area contributed by atoms with Crippen LogP contribution in [0.4, 0.5) is 10.5 Å². The monoisotopic (exact) mass is 569 g/mol. The molecular formula is C34H51NO6. The van der Waals surface area contributed by atoms with Gasteiger partial charge in [-0.05, 0) is 110 Å². The van der Waals surface area contributed by atoms with Crippen LogP contribution in [0.5, 0.6) is 5.75 Å². The van der Waals surface area contributed by atoms with E-state index in [-0.39, 0.29) is 17.5 Å². The second-order valence-electron chi connectivity index (χ2n) is 14.3. The molecule has 0 aromatic heterocycles. The summed E-state index contributed by atoms with van der Waals surface area (Å²) in [5, 5.41) is 28.6. The number of carbonyl (C=O) groups is 1. The van der Waals surface area contributed by atoms with Crippen LogP contribution in [0.25, 0.3) is 0 Å². The lowest BCUT2D eigenvalue weighted by molar-refractivity contribution is -0.384. The molecule has 41 heavy (non-hydrogen) atoms. The van der Waals surface area contributed by atoms with Crippen LogP contribution in [0.2, 0.25) is 0 Å². The number of nitro benzene ring substituents is 1. The average Bonchev–Trinajstić information content (AvgIpc) is 3.26. The Kier molecular flexibility index (Phi) is 9.88. The van der Waals surface area contributed by atoms with Crippen molar-refractivity contribution in [1.29, 1.82) is 0 Å². The number of aliphatic hydroxyl groups is 1. The van der Waals surface area contributed by atoms with Crippen molar-refractivity contribution >= 4 is 11.8 Å². The van der Waals surface area contributed by atoms with Gasteiger partial charge in [-0.1, -0.05) is 65.5 Å². The lowest BCUT2D eigenvalue weighted by Gasteiger charge is -2.58. The summed E-state index contributed by atoms with van der Waals surface area (Å²) in [5.41, 5.74) is 2.49. The van der Waals surface area contributed by atoms with Gasteiger partial charge in [0.25, 0.3) is 5.69 Å². The molecule has 3 saturated carbocycles. The molecule has 4 aliphatic carbocycles. The Bertz CT molecular complexity index is 1100. The molecule has 0 spiro atoms. The van der Waals surface area contributed by atoms with Gasteiger partial charge in [-0.2, -0.15) is 0 Å². The predicted molar refractivity (Wildman–Crippen MR) is 161 cm³/mol. The first-order chi connectivity index (χ1) is 19.3. The van der Waals surface area contributed by atoms with E-state index < -0.39 is 11.1 Å². The minimum Gasteiger partial charge on any atom is -0.449 e. The molecule has 0 heterocycles. The zero-order chi connectivity index (χ0) is 29.9. The smallest absolute Gasteiger partial charge is 0.449 e. The van der Waals surface area contributed by atoms with Crippen molar-refractivity contribution in [2.75, 3.05) is 0 Å². The molecule has 0 amide bonds. The van der Waals surface area contributed by atoms with E-state index in [0.717, 1.165) is 60.5 Å². The van der Waals surface area contributed by atoms with Crippen LogP contribution in [0, 0.1) is 56.5 Å². The van der Waals surface area contributed by atoms with Crippen LogP contribution >= 0.6 is 0 Å². The molecule has 0 aliphatic heterocycles. The highest BCUT2D eigenvalue weighted by atomic mass is 16.7. The first kappa shape index (κ1) is 31.5. The number of carboxylic acid groups (broad SMARTS) is 1. The van der Waals surface area contributed by atoms with Crippen molar-refractivity contribution in [2.45, 2.75) is 111 Å². The molecule has 5 rings (SSSR count). The number of rotatable bonds is 7. The number of non-ortho nitro benzene ring substituents is 1. The van der Waals surface area contributed by atoms with Crippen LogP contribution < -0.4 is 4.74 Å². The largest absolute Gasteiger partial charge is 0.511 e. The molecule has 2 N–H and O–H groups in total. The Labute approximate surface area is 245 Å². The SMILES string of the molecule is CC(C)CCCC(C)[C@H]1CC[C@H]2[C@@H]3CC=C4C[C@@H](O)CC[C@]4(C)[C@H]3CC[C@]12C.O=C(O)Oc1ccc([N+](=O)[O-])cc1. The minimum absolute atomic E-state index is 0.0538. The van der Waals surface area contributed by atoms with Crippen molar-refractivity contribution in [1.82, 2.24) is 0 Å². The number of aliphatic hydroxyl groups excluding tert-OH is 1. The number of hydrogen-bond acceptors (Lipinski definition) is 5. The molecule has 1 unspecified atom stereocenters. The fourth-order valence-corrected chi connectivity index (χ4v) is 9.40. The second kappa shape index (κ2) is 12.8. The van der Waals surface area contributed by atoms with Crippen molar-refractivity contribution in [3.8, 4) is 5.75 Å². The zero-order valence-electron chi connectivity index (χ0n) is 25.7. The lowest BCUT2D eigenvalue weighted by atomic mass is 9.47. The second-order valence-corrected chi connectivity index (χ2v) is 14.3. The summed E-state index contributed by atoms with van der Waals surface area (Å²) in [7, 11) is 0. The maximum absolute atomic E-state index is 10.2. The lowest BCUT2D eigenvalue weighted by Crippen LogP contribution is -2.50. The van der Waals surface area contributed by atoms with Crippen molar-refractivity contribution < 1.29 is 24.7 Å². The first-order valence-electron chi connectivity index (χ1n) is 15.9. The number of nitro groups is 1. The fourth-order valence-electron chi connectivity index (χ4n) is 9.40. The Hall–Kier alpha value is -2.41. The molecular weight excluding hydrogens is 518 g/mol. The van der Waals surface area contributed by atoms with Crippen LogP contribution in [-0.2, 0) is 0 Å². The standard InChI is InChI=1S/C27H46O.C7H5NO5/c1-18(2)7-6-8-19(3)23-11-12-24-22-10-9-20-17-21(28)13-15-26(20,4)25(22)14-16-27(23,24)5;9-7(10)13-6-3-1-5(2-4-6)8(11)12/h9,18-19,21-25,28H,6-8,10-17H2,1-5H3;1-4H,(H,9,10)/t19?,21-,22-,23+,24-,25-,26-,27+;/m0./s1. The van der Waals surface area contributed by atoms with Gasteiger partial charge in [-0.25, -0.2) is 4.79 Å². The van der Waals surface area contributed by atoms with Crippen molar-refractivity contribution in [3.05, 3.63) is 46.0 Å². The maximum Gasteiger partial charge on any atom is 0.511 e. The number of hydrogen-bond donors (Lipinski definition) is 2. The summed E-state index contributed by atoms with van der Waals surface area (Å²) in [5.74, 6) is 5.51. The third kappa shape index (κ3) is 6.81. The van der Waals surface area contributed by atoms with E-state index in [1.54, 1.807) is 5.57 Å². The predicted octanol–water partition coefficient (Wildman–Crippen LogP) is 9.04. The van der Waals surface area contributed by atoms with E-state index in [1.165, 1.54) is 69.9 Å². The topological polar surface area (TPSA) is 110 Å². The summed E-state index contributed by atoms with van der Waals surface area (Å²) in [6.45, 7) is 12.6. The van der Waals surface area contributed by atoms with E-state index in [2.05, 4.69) is 45.4 Å². The molecule has 7 nitrogen and oxygen atoms in total. The Morgan fingerprint density at radius 3 is 2.39 bits per heavy atom. The van der Waals surface area contributed by atoms with Crippen LogP contribution in [-0.4, -0.2) is 27.4 Å². The number of fused-ring (bicyclic) bond motifs is 5. The summed E-state index contributed by atoms with van der Waals surface area (Å²) in [6, 6.07) is 4.76. The van der Waals surface area contributed by atoms with Gasteiger partial charge in [-0.3, -0.25) is 10.1 Å². The minimum atomic E-state index is -1.45. The Balaban J connectivity index is 0.000000251. The van der Waals surface area contributed by atoms with E-state index in [1.807, 2.05) is 0 Å². The number of allylic oxidation sites excluding steroid dienone is 1. The Morgan fingerprint density at radius 1 is 1.05 bits per heavy atom. The van der Waals surface area contributed by atoms with Gasteiger partial charge in [-0.15, -0.1) is 0 Å². The fraction of sp³-hybridized carbons (Fsp3) is 0.735.